The van der Waals surface area contributed by atoms with Gasteiger partial charge in [-0.25, -0.2) is 0 Å². The van der Waals surface area contributed by atoms with Gasteiger partial charge < -0.3 is 15.3 Å². The van der Waals surface area contributed by atoms with Crippen molar-refractivity contribution in [1.29, 1.82) is 0 Å². The van der Waals surface area contributed by atoms with Crippen LogP contribution < -0.4 is 0 Å². The van der Waals surface area contributed by atoms with E-state index in [1.54, 1.807) is 0 Å². The number of aliphatic hydroxyl groups excluding tert-OH is 1. The second kappa shape index (κ2) is 10.4. The highest BCUT2D eigenvalue weighted by Crippen LogP contribution is 2.29. The lowest BCUT2D eigenvalue weighted by Gasteiger charge is -2.29. The highest BCUT2D eigenvalue weighted by molar-refractivity contribution is 8.00. The van der Waals surface area contributed by atoms with Crippen molar-refractivity contribution in [2.45, 2.75) is 75.4 Å². The molecule has 0 fully saturated rings. The monoisotopic (exact) mass is 314 g/mol. The van der Waals surface area contributed by atoms with E-state index in [9.17, 15) is 5.11 Å². The SMILES string of the molecule is CC1(O)C=CC=CC1SCCCCCCCCCC(O)O. The quantitative estimate of drug-likeness (QED) is 0.404. The minimum absolute atomic E-state index is 0.174. The van der Waals surface area contributed by atoms with Crippen LogP contribution in [0.3, 0.4) is 0 Å². The topological polar surface area (TPSA) is 60.7 Å². The van der Waals surface area contributed by atoms with E-state index in [0.717, 1.165) is 18.6 Å². The molecule has 122 valence electrons. The summed E-state index contributed by atoms with van der Waals surface area (Å²) in [6.07, 6.45) is 15.3. The summed E-state index contributed by atoms with van der Waals surface area (Å²) in [5.74, 6) is 1.09. The van der Waals surface area contributed by atoms with Crippen molar-refractivity contribution in [1.82, 2.24) is 0 Å². The van der Waals surface area contributed by atoms with E-state index in [4.69, 9.17) is 10.2 Å². The van der Waals surface area contributed by atoms with E-state index in [2.05, 4.69) is 6.08 Å². The molecule has 4 heteroatoms. The number of aliphatic hydroxyl groups is 3. The molecule has 1 aliphatic carbocycles. The Morgan fingerprint density at radius 3 is 2.24 bits per heavy atom. The van der Waals surface area contributed by atoms with E-state index in [0.29, 0.717) is 6.42 Å². The summed E-state index contributed by atoms with van der Waals surface area (Å²) in [5, 5.41) is 27.8. The van der Waals surface area contributed by atoms with Crippen molar-refractivity contribution in [3.63, 3.8) is 0 Å². The Bertz CT molecular complexity index is 324. The molecule has 0 aromatic carbocycles. The Labute approximate surface area is 133 Å². The van der Waals surface area contributed by atoms with Crippen LogP contribution in [0.2, 0.25) is 0 Å². The Kier molecular flexibility index (Phi) is 9.32. The third-order valence-corrected chi connectivity index (χ3v) is 5.33. The molecule has 0 amide bonds. The first-order chi connectivity index (χ1) is 10.0. The second-order valence-electron chi connectivity index (χ2n) is 6.01. The molecule has 0 saturated carbocycles. The molecule has 2 atom stereocenters. The maximum Gasteiger partial charge on any atom is 0.151 e. The number of hydrogen-bond donors (Lipinski definition) is 3. The summed E-state index contributed by atoms with van der Waals surface area (Å²) in [5.41, 5.74) is -0.712. The van der Waals surface area contributed by atoms with Crippen LogP contribution in [-0.4, -0.2) is 38.2 Å². The molecule has 0 bridgehead atoms. The van der Waals surface area contributed by atoms with Gasteiger partial charge in [0.2, 0.25) is 0 Å². The Hall–Kier alpha value is -0.290. The first kappa shape index (κ1) is 18.8. The maximum absolute atomic E-state index is 10.2. The number of unbranched alkanes of at least 4 members (excludes halogenated alkanes) is 6. The lowest BCUT2D eigenvalue weighted by atomic mass is 9.97. The number of thioether (sulfide) groups is 1. The zero-order valence-corrected chi connectivity index (χ0v) is 13.9. The summed E-state index contributed by atoms with van der Waals surface area (Å²) >= 11 is 1.84. The van der Waals surface area contributed by atoms with Gasteiger partial charge >= 0.3 is 0 Å². The van der Waals surface area contributed by atoms with Gasteiger partial charge in [0.25, 0.3) is 0 Å². The van der Waals surface area contributed by atoms with E-state index in [-0.39, 0.29) is 5.25 Å². The van der Waals surface area contributed by atoms with Crippen LogP contribution in [0.1, 0.15) is 58.3 Å². The van der Waals surface area contributed by atoms with Crippen molar-refractivity contribution >= 4 is 11.8 Å². The third kappa shape index (κ3) is 8.67. The minimum atomic E-state index is -1.14. The Morgan fingerprint density at radius 1 is 1.00 bits per heavy atom. The van der Waals surface area contributed by atoms with Crippen LogP contribution in [0.15, 0.2) is 24.3 Å². The van der Waals surface area contributed by atoms with Crippen LogP contribution in [-0.2, 0) is 0 Å². The molecule has 3 nitrogen and oxygen atoms in total. The van der Waals surface area contributed by atoms with E-state index in [1.807, 2.05) is 36.9 Å². The average molecular weight is 314 g/mol. The van der Waals surface area contributed by atoms with Gasteiger partial charge in [-0.2, -0.15) is 11.8 Å². The standard InChI is InChI=1S/C17H30O3S/c1-17(20)13-9-8-11-15(17)21-14-10-6-4-2-3-5-7-12-16(18)19/h8-9,11,13,15-16,18-20H,2-7,10,12,14H2,1H3. The molecule has 0 aromatic rings. The molecule has 1 aliphatic rings. The lowest BCUT2D eigenvalue weighted by Crippen LogP contribution is -2.34. The van der Waals surface area contributed by atoms with Crippen molar-refractivity contribution in [3.8, 4) is 0 Å². The highest BCUT2D eigenvalue weighted by atomic mass is 32.2. The van der Waals surface area contributed by atoms with Gasteiger partial charge in [-0.1, -0.05) is 56.4 Å². The van der Waals surface area contributed by atoms with Crippen molar-refractivity contribution in [2.75, 3.05) is 5.75 Å². The molecule has 21 heavy (non-hydrogen) atoms. The predicted molar refractivity (Wildman–Crippen MR) is 90.3 cm³/mol. The van der Waals surface area contributed by atoms with Crippen LogP contribution >= 0.6 is 11.8 Å². The lowest BCUT2D eigenvalue weighted by molar-refractivity contribution is -0.0466. The van der Waals surface area contributed by atoms with Crippen molar-refractivity contribution in [3.05, 3.63) is 24.3 Å². The van der Waals surface area contributed by atoms with Crippen molar-refractivity contribution in [2.24, 2.45) is 0 Å². The van der Waals surface area contributed by atoms with Crippen LogP contribution in [0.4, 0.5) is 0 Å². The molecule has 0 aliphatic heterocycles. The molecule has 0 aromatic heterocycles. The average Bonchev–Trinajstić information content (AvgIpc) is 2.42. The normalized spacial score (nSPS) is 24.9. The van der Waals surface area contributed by atoms with Gasteiger partial charge in [-0.3, -0.25) is 0 Å². The third-order valence-electron chi connectivity index (χ3n) is 3.81. The molecule has 3 N–H and O–H groups in total. The van der Waals surface area contributed by atoms with E-state index >= 15 is 0 Å². The Balaban J connectivity index is 1.91. The summed E-state index contributed by atoms with van der Waals surface area (Å²) in [6.45, 7) is 1.87. The van der Waals surface area contributed by atoms with Gasteiger partial charge in [0.1, 0.15) is 0 Å². The molecular weight excluding hydrogens is 284 g/mol. The van der Waals surface area contributed by atoms with Gasteiger partial charge in [-0.05, 0) is 31.9 Å². The molecule has 1 rings (SSSR count). The van der Waals surface area contributed by atoms with E-state index < -0.39 is 11.9 Å². The summed E-state index contributed by atoms with van der Waals surface area (Å²) in [4.78, 5) is 0. The molecule has 0 saturated heterocycles. The number of allylic oxidation sites excluding steroid dienone is 2. The largest absolute Gasteiger partial charge is 0.385 e. The highest BCUT2D eigenvalue weighted by Gasteiger charge is 2.28. The maximum atomic E-state index is 10.2. The zero-order valence-electron chi connectivity index (χ0n) is 13.1. The van der Waals surface area contributed by atoms with Crippen LogP contribution in [0.25, 0.3) is 0 Å². The van der Waals surface area contributed by atoms with Crippen molar-refractivity contribution < 1.29 is 15.3 Å². The zero-order chi connectivity index (χ0) is 15.6. The smallest absolute Gasteiger partial charge is 0.151 e. The number of rotatable bonds is 11. The van der Waals surface area contributed by atoms with E-state index in [1.165, 1.54) is 32.1 Å². The molecular formula is C17H30O3S. The van der Waals surface area contributed by atoms with Gasteiger partial charge in [-0.15, -0.1) is 0 Å². The van der Waals surface area contributed by atoms with Gasteiger partial charge in [0.05, 0.1) is 10.9 Å². The molecule has 0 spiro atoms. The fraction of sp³-hybridized carbons (Fsp3) is 0.765. The molecule has 0 heterocycles. The fourth-order valence-electron chi connectivity index (χ4n) is 2.45. The van der Waals surface area contributed by atoms with Crippen LogP contribution in [0.5, 0.6) is 0 Å². The van der Waals surface area contributed by atoms with Gasteiger partial charge in [0.15, 0.2) is 6.29 Å². The van der Waals surface area contributed by atoms with Crippen LogP contribution in [0, 0.1) is 0 Å². The summed E-state index contributed by atoms with van der Waals surface area (Å²) < 4.78 is 0. The fourth-order valence-corrected chi connectivity index (χ4v) is 3.70. The molecule has 0 radical (unpaired) electrons. The Morgan fingerprint density at radius 2 is 1.62 bits per heavy atom. The minimum Gasteiger partial charge on any atom is -0.385 e. The first-order valence-electron chi connectivity index (χ1n) is 8.08. The van der Waals surface area contributed by atoms with Gasteiger partial charge in [0, 0.05) is 0 Å². The number of hydrogen-bond acceptors (Lipinski definition) is 4. The predicted octanol–water partition coefficient (Wildman–Crippen LogP) is 3.40. The first-order valence-corrected chi connectivity index (χ1v) is 9.13. The summed E-state index contributed by atoms with van der Waals surface area (Å²) in [6, 6.07) is 0. The summed E-state index contributed by atoms with van der Waals surface area (Å²) in [7, 11) is 0. The molecule has 2 unspecified atom stereocenters. The second-order valence-corrected chi connectivity index (χ2v) is 7.25.